The Morgan fingerprint density at radius 2 is 1.17 bits per heavy atom. The van der Waals surface area contributed by atoms with E-state index in [1.807, 2.05) is 0 Å². The van der Waals surface area contributed by atoms with E-state index in [0.29, 0.717) is 21.5 Å². The van der Waals surface area contributed by atoms with E-state index in [0.717, 1.165) is 0 Å². The first-order chi connectivity index (χ1) is 8.45. The summed E-state index contributed by atoms with van der Waals surface area (Å²) in [4.78, 5) is 0. The first-order valence-electron chi connectivity index (χ1n) is 4.77. The Kier molecular flexibility index (Phi) is 4.13. The van der Waals surface area contributed by atoms with Gasteiger partial charge < -0.3 is 9.84 Å². The summed E-state index contributed by atoms with van der Waals surface area (Å²) in [6.45, 7) is 0. The number of phenolic OH excluding ortho intramolecular Hbond substituents is 1. The van der Waals surface area contributed by atoms with E-state index in [1.54, 1.807) is 18.2 Å². The molecule has 1 N–H and O–H groups in total. The Morgan fingerprint density at radius 3 is 1.67 bits per heavy atom. The summed E-state index contributed by atoms with van der Waals surface area (Å²) in [6, 6.07) is 7.67. The molecule has 0 saturated carbocycles. The Bertz CT molecular complexity index is 555. The van der Waals surface area contributed by atoms with Crippen molar-refractivity contribution in [1.29, 1.82) is 0 Å². The van der Waals surface area contributed by atoms with Crippen LogP contribution in [0.5, 0.6) is 17.2 Å². The van der Waals surface area contributed by atoms with Crippen LogP contribution < -0.4 is 4.74 Å². The van der Waals surface area contributed by atoms with Gasteiger partial charge in [0.15, 0.2) is 5.75 Å². The second-order valence-corrected chi connectivity index (χ2v) is 5.13. The van der Waals surface area contributed by atoms with Crippen LogP contribution in [-0.2, 0) is 0 Å². The average molecular weight is 324 g/mol. The highest BCUT2D eigenvalue weighted by atomic mass is 35.5. The summed E-state index contributed by atoms with van der Waals surface area (Å²) >= 11 is 23.3. The smallest absolute Gasteiger partial charge is 0.153 e. The largest absolute Gasteiger partial charge is 0.505 e. The Balaban J connectivity index is 2.34. The number of rotatable bonds is 2. The van der Waals surface area contributed by atoms with Gasteiger partial charge in [0, 0.05) is 22.2 Å². The van der Waals surface area contributed by atoms with Crippen LogP contribution in [0.3, 0.4) is 0 Å². The molecule has 18 heavy (non-hydrogen) atoms. The second-order valence-electron chi connectivity index (χ2n) is 3.44. The molecule has 0 spiro atoms. The lowest BCUT2D eigenvalue weighted by atomic mass is 10.3. The molecule has 6 heteroatoms. The van der Waals surface area contributed by atoms with Crippen molar-refractivity contribution >= 4 is 46.4 Å². The number of benzene rings is 2. The topological polar surface area (TPSA) is 29.5 Å². The van der Waals surface area contributed by atoms with E-state index in [1.165, 1.54) is 12.1 Å². The van der Waals surface area contributed by atoms with Crippen molar-refractivity contribution in [2.45, 2.75) is 0 Å². The van der Waals surface area contributed by atoms with Gasteiger partial charge in [-0.15, -0.1) is 0 Å². The van der Waals surface area contributed by atoms with Crippen molar-refractivity contribution in [2.75, 3.05) is 0 Å². The summed E-state index contributed by atoms with van der Waals surface area (Å²) in [5, 5.41) is 10.5. The highest BCUT2D eigenvalue weighted by Crippen LogP contribution is 2.37. The molecule has 0 radical (unpaired) electrons. The fourth-order valence-corrected chi connectivity index (χ4v) is 2.30. The molecule has 0 aliphatic carbocycles. The molecule has 2 rings (SSSR count). The van der Waals surface area contributed by atoms with E-state index in [4.69, 9.17) is 51.1 Å². The van der Waals surface area contributed by atoms with Crippen molar-refractivity contribution in [2.24, 2.45) is 0 Å². The van der Waals surface area contributed by atoms with Gasteiger partial charge in [0.05, 0.1) is 10.0 Å². The molecule has 0 bridgehead atoms. The summed E-state index contributed by atoms with van der Waals surface area (Å²) in [5.74, 6) is 0.640. The zero-order chi connectivity index (χ0) is 13.3. The maximum absolute atomic E-state index is 9.42. The number of aromatic hydroxyl groups is 1. The number of hydrogen-bond donors (Lipinski definition) is 1. The van der Waals surface area contributed by atoms with Gasteiger partial charge in [-0.25, -0.2) is 0 Å². The van der Waals surface area contributed by atoms with Crippen LogP contribution in [-0.4, -0.2) is 5.11 Å². The van der Waals surface area contributed by atoms with Gasteiger partial charge in [-0.3, -0.25) is 0 Å². The normalized spacial score (nSPS) is 10.4. The van der Waals surface area contributed by atoms with Crippen LogP contribution in [0.15, 0.2) is 30.3 Å². The molecule has 2 aromatic carbocycles. The minimum absolute atomic E-state index is 0.102. The van der Waals surface area contributed by atoms with Gasteiger partial charge in [-0.1, -0.05) is 46.4 Å². The zero-order valence-electron chi connectivity index (χ0n) is 8.75. The number of ether oxygens (including phenoxy) is 1. The summed E-state index contributed by atoms with van der Waals surface area (Å²) in [6.07, 6.45) is 0. The zero-order valence-corrected chi connectivity index (χ0v) is 11.8. The first kappa shape index (κ1) is 13.6. The standard InChI is InChI=1S/C12H6Cl4O2/c13-6-1-7(14)3-8(2-6)18-9-4-10(15)12(17)11(16)5-9/h1-5,17H. The highest BCUT2D eigenvalue weighted by molar-refractivity contribution is 6.37. The molecule has 0 saturated heterocycles. The molecule has 0 fully saturated rings. The minimum atomic E-state index is -0.185. The number of hydrogen-bond acceptors (Lipinski definition) is 2. The van der Waals surface area contributed by atoms with Crippen LogP contribution in [0.1, 0.15) is 0 Å². The summed E-state index contributed by atoms with van der Waals surface area (Å²) in [5.41, 5.74) is 0. The molecule has 2 aromatic rings. The average Bonchev–Trinajstić information content (AvgIpc) is 2.24. The van der Waals surface area contributed by atoms with Crippen LogP contribution in [0, 0.1) is 0 Å². The SMILES string of the molecule is Oc1c(Cl)cc(Oc2cc(Cl)cc(Cl)c2)cc1Cl. The molecule has 0 aromatic heterocycles. The molecule has 0 aliphatic rings. The van der Waals surface area contributed by atoms with Gasteiger partial charge in [0.25, 0.3) is 0 Å². The molecule has 0 atom stereocenters. The monoisotopic (exact) mass is 322 g/mol. The molecule has 94 valence electrons. The van der Waals surface area contributed by atoms with E-state index in [-0.39, 0.29) is 15.8 Å². The number of phenols is 1. The molecule has 2 nitrogen and oxygen atoms in total. The third-order valence-electron chi connectivity index (χ3n) is 2.06. The lowest BCUT2D eigenvalue weighted by molar-refractivity contribution is 0.465. The van der Waals surface area contributed by atoms with Gasteiger partial charge in [0.2, 0.25) is 0 Å². The summed E-state index contributed by atoms with van der Waals surface area (Å²) < 4.78 is 5.51. The Morgan fingerprint density at radius 1 is 0.722 bits per heavy atom. The van der Waals surface area contributed by atoms with Gasteiger partial charge >= 0.3 is 0 Å². The Labute approximate surface area is 124 Å². The predicted molar refractivity (Wildman–Crippen MR) is 74.7 cm³/mol. The fourth-order valence-electron chi connectivity index (χ4n) is 1.32. The molecular formula is C12H6Cl4O2. The molecule has 0 heterocycles. The molecular weight excluding hydrogens is 318 g/mol. The van der Waals surface area contributed by atoms with Crippen LogP contribution >= 0.6 is 46.4 Å². The Hall–Kier alpha value is -0.800. The first-order valence-corrected chi connectivity index (χ1v) is 6.29. The van der Waals surface area contributed by atoms with Crippen LogP contribution in [0.4, 0.5) is 0 Å². The van der Waals surface area contributed by atoms with Gasteiger partial charge in [-0.05, 0) is 18.2 Å². The third-order valence-corrected chi connectivity index (χ3v) is 3.07. The van der Waals surface area contributed by atoms with Crippen molar-refractivity contribution in [3.8, 4) is 17.2 Å². The lowest BCUT2D eigenvalue weighted by Crippen LogP contribution is -1.85. The summed E-state index contributed by atoms with van der Waals surface area (Å²) in [7, 11) is 0. The maximum Gasteiger partial charge on any atom is 0.153 e. The second kappa shape index (κ2) is 5.45. The molecule has 0 amide bonds. The minimum Gasteiger partial charge on any atom is -0.505 e. The van der Waals surface area contributed by atoms with Gasteiger partial charge in [0.1, 0.15) is 11.5 Å². The van der Waals surface area contributed by atoms with E-state index in [2.05, 4.69) is 0 Å². The van der Waals surface area contributed by atoms with Crippen molar-refractivity contribution in [3.63, 3.8) is 0 Å². The quantitative estimate of drug-likeness (QED) is 0.757. The lowest BCUT2D eigenvalue weighted by Gasteiger charge is -2.08. The molecule has 0 aliphatic heterocycles. The van der Waals surface area contributed by atoms with E-state index >= 15 is 0 Å². The van der Waals surface area contributed by atoms with Crippen molar-refractivity contribution < 1.29 is 9.84 Å². The van der Waals surface area contributed by atoms with Crippen molar-refractivity contribution in [3.05, 3.63) is 50.4 Å². The maximum atomic E-state index is 9.42. The van der Waals surface area contributed by atoms with E-state index in [9.17, 15) is 5.11 Å². The highest BCUT2D eigenvalue weighted by Gasteiger charge is 2.08. The molecule has 0 unspecified atom stereocenters. The number of halogens is 4. The predicted octanol–water partition coefficient (Wildman–Crippen LogP) is 5.80. The van der Waals surface area contributed by atoms with Crippen LogP contribution in [0.25, 0.3) is 0 Å². The van der Waals surface area contributed by atoms with Gasteiger partial charge in [-0.2, -0.15) is 0 Å². The third kappa shape index (κ3) is 3.15. The van der Waals surface area contributed by atoms with Crippen LogP contribution in [0.2, 0.25) is 20.1 Å². The van der Waals surface area contributed by atoms with Crippen molar-refractivity contribution in [1.82, 2.24) is 0 Å². The fraction of sp³-hybridized carbons (Fsp3) is 0. The van der Waals surface area contributed by atoms with E-state index < -0.39 is 0 Å².